The molecule has 20 heavy (non-hydrogen) atoms. The Balaban J connectivity index is 2.35. The molecule has 0 aliphatic heterocycles. The molecule has 0 unspecified atom stereocenters. The monoisotopic (exact) mass is 277 g/mol. The lowest BCUT2D eigenvalue weighted by atomic mass is 9.90. The van der Waals surface area contributed by atoms with Crippen molar-refractivity contribution < 1.29 is 10.3 Å². The molecule has 1 aromatic carbocycles. The molecule has 0 radical (unpaired) electrons. The van der Waals surface area contributed by atoms with Crippen molar-refractivity contribution >= 4 is 11.5 Å². The highest BCUT2D eigenvalue weighted by Crippen LogP contribution is 2.32. The van der Waals surface area contributed by atoms with E-state index in [2.05, 4.69) is 10.1 Å². The Labute approximate surface area is 119 Å². The van der Waals surface area contributed by atoms with E-state index in [0.717, 1.165) is 42.6 Å². The first kappa shape index (κ1) is 14.7. The Bertz CT molecular complexity index is 484. The third kappa shape index (κ3) is 3.04. The number of rotatable bonds is 6. The first-order chi connectivity index (χ1) is 9.67. The number of nitrogens with two attached hydrogens (primary N) is 1. The number of aliphatic hydroxyl groups excluding tert-OH is 1. The van der Waals surface area contributed by atoms with E-state index < -0.39 is 0 Å². The minimum atomic E-state index is 0.136. The van der Waals surface area contributed by atoms with Crippen LogP contribution in [-0.4, -0.2) is 35.3 Å². The maximum Gasteiger partial charge on any atom is 0.172 e. The molecule has 5 nitrogen and oxygen atoms in total. The SMILES string of the molecule is Cc1ccc(N(CCCO)C2CCC2)c(/C(N)=N/O)c1. The van der Waals surface area contributed by atoms with Gasteiger partial charge in [-0.1, -0.05) is 16.8 Å². The van der Waals surface area contributed by atoms with Crippen LogP contribution in [0.4, 0.5) is 5.69 Å². The Kier molecular flexibility index (Phi) is 4.84. The summed E-state index contributed by atoms with van der Waals surface area (Å²) in [6, 6.07) is 6.50. The van der Waals surface area contributed by atoms with E-state index in [0.29, 0.717) is 6.04 Å². The van der Waals surface area contributed by atoms with Crippen LogP contribution >= 0.6 is 0 Å². The van der Waals surface area contributed by atoms with Gasteiger partial charge in [0.15, 0.2) is 5.84 Å². The standard InChI is InChI=1S/C15H23N3O2/c1-11-6-7-14(13(10-11)15(16)17-20)18(8-3-9-19)12-4-2-5-12/h6-7,10,12,19-20H,2-5,8-9H2,1H3,(H2,16,17). The van der Waals surface area contributed by atoms with Crippen molar-refractivity contribution in [3.63, 3.8) is 0 Å². The van der Waals surface area contributed by atoms with Gasteiger partial charge < -0.3 is 20.9 Å². The van der Waals surface area contributed by atoms with E-state index >= 15 is 0 Å². The fraction of sp³-hybridized carbons (Fsp3) is 0.533. The first-order valence-electron chi connectivity index (χ1n) is 7.13. The molecule has 2 rings (SSSR count). The molecule has 1 fully saturated rings. The highest BCUT2D eigenvalue weighted by molar-refractivity contribution is 6.02. The number of benzene rings is 1. The van der Waals surface area contributed by atoms with Gasteiger partial charge >= 0.3 is 0 Å². The summed E-state index contributed by atoms with van der Waals surface area (Å²) in [5.41, 5.74) is 8.64. The van der Waals surface area contributed by atoms with Crippen molar-refractivity contribution in [2.24, 2.45) is 10.9 Å². The average molecular weight is 277 g/mol. The molecular weight excluding hydrogens is 254 g/mol. The van der Waals surface area contributed by atoms with Crippen molar-refractivity contribution in [2.45, 2.75) is 38.6 Å². The normalized spacial score (nSPS) is 16.0. The van der Waals surface area contributed by atoms with E-state index in [9.17, 15) is 0 Å². The summed E-state index contributed by atoms with van der Waals surface area (Å²) in [6.45, 7) is 2.95. The zero-order valence-electron chi connectivity index (χ0n) is 11.9. The summed E-state index contributed by atoms with van der Waals surface area (Å²) >= 11 is 0. The van der Waals surface area contributed by atoms with Gasteiger partial charge in [-0.05, 0) is 44.7 Å². The van der Waals surface area contributed by atoms with Gasteiger partial charge in [0, 0.05) is 30.4 Å². The van der Waals surface area contributed by atoms with E-state index in [1.807, 2.05) is 25.1 Å². The van der Waals surface area contributed by atoms with Crippen LogP contribution in [0.15, 0.2) is 23.4 Å². The fourth-order valence-corrected chi connectivity index (χ4v) is 2.60. The molecule has 1 aromatic rings. The summed E-state index contributed by atoms with van der Waals surface area (Å²) in [5.74, 6) is 0.136. The predicted molar refractivity (Wildman–Crippen MR) is 80.4 cm³/mol. The molecule has 1 aliphatic rings. The third-order valence-electron chi connectivity index (χ3n) is 3.92. The first-order valence-corrected chi connectivity index (χ1v) is 7.13. The van der Waals surface area contributed by atoms with Gasteiger partial charge in [0.2, 0.25) is 0 Å². The molecule has 0 heterocycles. The predicted octanol–water partition coefficient (Wildman–Crippen LogP) is 1.83. The Hall–Kier alpha value is -1.75. The quantitative estimate of drug-likeness (QED) is 0.321. The zero-order chi connectivity index (χ0) is 14.5. The largest absolute Gasteiger partial charge is 0.409 e. The molecule has 1 saturated carbocycles. The third-order valence-corrected chi connectivity index (χ3v) is 3.92. The number of aliphatic hydroxyl groups is 1. The Morgan fingerprint density at radius 2 is 2.20 bits per heavy atom. The maximum absolute atomic E-state index is 9.09. The maximum atomic E-state index is 9.09. The van der Waals surface area contributed by atoms with Crippen molar-refractivity contribution in [2.75, 3.05) is 18.1 Å². The van der Waals surface area contributed by atoms with Crippen molar-refractivity contribution in [3.8, 4) is 0 Å². The summed E-state index contributed by atoms with van der Waals surface area (Å²) in [4.78, 5) is 2.28. The van der Waals surface area contributed by atoms with Crippen LogP contribution < -0.4 is 10.6 Å². The van der Waals surface area contributed by atoms with Gasteiger partial charge in [-0.2, -0.15) is 0 Å². The molecule has 0 saturated heterocycles. The topological polar surface area (TPSA) is 82.1 Å². The number of hydrogen-bond acceptors (Lipinski definition) is 4. The molecule has 5 heteroatoms. The number of oxime groups is 1. The molecule has 0 spiro atoms. The van der Waals surface area contributed by atoms with E-state index in [1.54, 1.807) is 0 Å². The Morgan fingerprint density at radius 1 is 1.45 bits per heavy atom. The highest BCUT2D eigenvalue weighted by Gasteiger charge is 2.27. The summed E-state index contributed by atoms with van der Waals surface area (Å²) in [5, 5.41) is 21.2. The van der Waals surface area contributed by atoms with Gasteiger partial charge in [-0.3, -0.25) is 0 Å². The number of nitrogens with zero attached hydrogens (tertiary/aromatic N) is 2. The van der Waals surface area contributed by atoms with Gasteiger partial charge in [0.1, 0.15) is 0 Å². The van der Waals surface area contributed by atoms with Crippen molar-refractivity contribution in [3.05, 3.63) is 29.3 Å². The summed E-state index contributed by atoms with van der Waals surface area (Å²) < 4.78 is 0. The van der Waals surface area contributed by atoms with Gasteiger partial charge in [-0.25, -0.2) is 0 Å². The summed E-state index contributed by atoms with van der Waals surface area (Å²) in [6.07, 6.45) is 4.29. The van der Waals surface area contributed by atoms with Crippen LogP contribution in [0, 0.1) is 6.92 Å². The lowest BCUT2D eigenvalue weighted by Crippen LogP contribution is -2.42. The minimum absolute atomic E-state index is 0.136. The number of aryl methyl sites for hydroxylation is 1. The number of hydrogen-bond donors (Lipinski definition) is 3. The zero-order valence-corrected chi connectivity index (χ0v) is 11.9. The van der Waals surface area contributed by atoms with Crippen LogP contribution in [0.1, 0.15) is 36.8 Å². The van der Waals surface area contributed by atoms with E-state index in [-0.39, 0.29) is 12.4 Å². The van der Waals surface area contributed by atoms with E-state index in [4.69, 9.17) is 16.0 Å². The highest BCUT2D eigenvalue weighted by atomic mass is 16.4. The second kappa shape index (κ2) is 6.61. The van der Waals surface area contributed by atoms with Crippen LogP contribution in [0.2, 0.25) is 0 Å². The fourth-order valence-electron chi connectivity index (χ4n) is 2.60. The molecule has 0 atom stereocenters. The van der Waals surface area contributed by atoms with Gasteiger partial charge in [0.05, 0.1) is 0 Å². The molecule has 110 valence electrons. The minimum Gasteiger partial charge on any atom is -0.409 e. The second-order valence-corrected chi connectivity index (χ2v) is 5.36. The summed E-state index contributed by atoms with van der Waals surface area (Å²) in [7, 11) is 0. The molecule has 0 amide bonds. The number of amidine groups is 1. The Morgan fingerprint density at radius 3 is 2.75 bits per heavy atom. The van der Waals surface area contributed by atoms with E-state index in [1.165, 1.54) is 6.42 Å². The van der Waals surface area contributed by atoms with Crippen molar-refractivity contribution in [1.82, 2.24) is 0 Å². The van der Waals surface area contributed by atoms with Crippen LogP contribution in [-0.2, 0) is 0 Å². The molecule has 0 aromatic heterocycles. The van der Waals surface area contributed by atoms with Crippen LogP contribution in [0.3, 0.4) is 0 Å². The lowest BCUT2D eigenvalue weighted by Gasteiger charge is -2.40. The molecule has 4 N–H and O–H groups in total. The average Bonchev–Trinajstić information content (AvgIpc) is 2.40. The molecule has 0 bridgehead atoms. The molecular formula is C15H23N3O2. The van der Waals surface area contributed by atoms with Gasteiger partial charge in [0.25, 0.3) is 0 Å². The smallest absolute Gasteiger partial charge is 0.172 e. The van der Waals surface area contributed by atoms with Crippen LogP contribution in [0.5, 0.6) is 0 Å². The van der Waals surface area contributed by atoms with Gasteiger partial charge in [-0.15, -0.1) is 0 Å². The number of anilines is 1. The molecule has 1 aliphatic carbocycles. The van der Waals surface area contributed by atoms with Crippen molar-refractivity contribution in [1.29, 1.82) is 0 Å². The van der Waals surface area contributed by atoms with Crippen LogP contribution in [0.25, 0.3) is 0 Å². The lowest BCUT2D eigenvalue weighted by molar-refractivity contribution is 0.283. The second-order valence-electron chi connectivity index (χ2n) is 5.36.